The van der Waals surface area contributed by atoms with E-state index in [0.717, 1.165) is 5.56 Å². The fourth-order valence-electron chi connectivity index (χ4n) is 18.0. The van der Waals surface area contributed by atoms with Crippen molar-refractivity contribution in [3.63, 3.8) is 0 Å². The minimum Gasteiger partial charge on any atom is -0.461 e. The Hall–Kier alpha value is -9.51. The highest BCUT2D eigenvalue weighted by Crippen LogP contribution is 2.67. The van der Waals surface area contributed by atoms with E-state index < -0.39 is 171 Å². The standard InChI is InChI=1S/C45H48O14.C29H36O10.C9H10O2/c1-26-31(47)22-45(52)38(58-39(49)30-19-13-8-14-20-30)36-43(5,37(48)35(34(26)42(45,3)4)57-41(51)54-24-29-17-11-7-12-18-29)32(21-33-44(36,25-55-33)59-27(2)46)56-40(50)53-23-28-15-9-6-10-16-28;1-14-17(31)12-29(36)24(38-25(35)16-9-7-6-8-10-16)22-27(5,23(34)21(33)20(14)26(29,3)4)18(32)11-19-28(22,13-37-19)39-15(2)30;1-8(10)11-7-9-5-3-2-4-6-9/h6-20,31-33,35-36,38,47,52H,21-25H2,1-5H3;6-10,17-19,21-22,24,31-33,36H,11-13H2,1-5H3;2-6H,7H2,1H3/t31-,32-,33+,35+,36-,38-,43+,44-,45+;17-,18-,19+,21+,22-,24-,27+,28-,29+;/m00./s1. The van der Waals surface area contributed by atoms with E-state index >= 15 is 4.79 Å². The zero-order valence-electron chi connectivity index (χ0n) is 62.6. The number of aliphatic hydroxyl groups is 6. The number of fused-ring (bicyclic) bond motifs is 10. The van der Waals surface area contributed by atoms with Crippen molar-refractivity contribution >= 4 is 53.7 Å². The second kappa shape index (κ2) is 31.1. The monoisotopic (exact) mass is 1510 g/mol. The number of ether oxygens (including phenoxy) is 11. The Morgan fingerprint density at radius 1 is 0.450 bits per heavy atom. The summed E-state index contributed by atoms with van der Waals surface area (Å²) >= 11 is 0. The number of rotatable bonds is 14. The maximum Gasteiger partial charge on any atom is 0.509 e. The van der Waals surface area contributed by atoms with Gasteiger partial charge < -0.3 is 82.7 Å². The topological polar surface area (TPSA) is 377 Å². The Morgan fingerprint density at radius 2 is 0.817 bits per heavy atom. The van der Waals surface area contributed by atoms with Gasteiger partial charge in [-0.05, 0) is 90.9 Å². The van der Waals surface area contributed by atoms with Crippen LogP contribution in [-0.4, -0.2) is 181 Å². The molecule has 0 aromatic heterocycles. The number of hydrogen-bond donors (Lipinski definition) is 6. The van der Waals surface area contributed by atoms with Crippen molar-refractivity contribution in [3.05, 3.63) is 202 Å². The maximum absolute atomic E-state index is 15.9. The van der Waals surface area contributed by atoms with E-state index in [1.807, 2.05) is 30.3 Å². The molecule has 6 aliphatic carbocycles. The van der Waals surface area contributed by atoms with Crippen LogP contribution in [-0.2, 0) is 95.9 Å². The fourth-order valence-corrected chi connectivity index (χ4v) is 18.0. The lowest BCUT2D eigenvalue weighted by atomic mass is 9.44. The summed E-state index contributed by atoms with van der Waals surface area (Å²) < 4.78 is 64.1. The van der Waals surface area contributed by atoms with Crippen LogP contribution in [0.5, 0.6) is 0 Å². The van der Waals surface area contributed by atoms with Gasteiger partial charge in [0.05, 0.1) is 65.3 Å². The van der Waals surface area contributed by atoms with Crippen LogP contribution >= 0.6 is 0 Å². The van der Waals surface area contributed by atoms with Crippen LogP contribution < -0.4 is 0 Å². The molecule has 582 valence electrons. The van der Waals surface area contributed by atoms with E-state index in [9.17, 15) is 69.0 Å². The van der Waals surface area contributed by atoms with E-state index in [1.54, 1.807) is 139 Å². The predicted octanol–water partition coefficient (Wildman–Crippen LogP) is 8.64. The molecule has 0 radical (unpaired) electrons. The highest BCUT2D eigenvalue weighted by Gasteiger charge is 2.81. The van der Waals surface area contributed by atoms with Crippen molar-refractivity contribution in [2.75, 3.05) is 13.2 Å². The summed E-state index contributed by atoms with van der Waals surface area (Å²) in [4.78, 5) is 121. The van der Waals surface area contributed by atoms with Gasteiger partial charge in [0, 0.05) is 57.3 Å². The summed E-state index contributed by atoms with van der Waals surface area (Å²) in [6, 6.07) is 43.3. The third-order valence-electron chi connectivity index (χ3n) is 24.0. The van der Waals surface area contributed by atoms with Crippen LogP contribution in [0.25, 0.3) is 0 Å². The summed E-state index contributed by atoms with van der Waals surface area (Å²) in [7, 11) is 0. The highest BCUT2D eigenvalue weighted by molar-refractivity contribution is 5.96. The average molecular weight is 1510 g/mol. The van der Waals surface area contributed by atoms with Gasteiger partial charge in [0.2, 0.25) is 0 Å². The Kier molecular flexibility index (Phi) is 23.0. The molecule has 2 saturated heterocycles. The molecule has 6 N–H and O–H groups in total. The van der Waals surface area contributed by atoms with Crippen molar-refractivity contribution in [1.82, 2.24) is 0 Å². The molecule has 6 fully saturated rings. The first kappa shape index (κ1) is 80.5. The molecule has 18 atom stereocenters. The number of Topliss-reactive ketones (excluding diaryl/α,β-unsaturated/α-hetero) is 2. The lowest BCUT2D eigenvalue weighted by Gasteiger charge is -2.67. The zero-order chi connectivity index (χ0) is 79.1. The van der Waals surface area contributed by atoms with Crippen molar-refractivity contribution < 1.29 is 126 Å². The number of carbonyl (C=O) groups is 9. The Morgan fingerprint density at radius 3 is 1.21 bits per heavy atom. The van der Waals surface area contributed by atoms with Crippen LogP contribution in [0.2, 0.25) is 0 Å². The first-order chi connectivity index (χ1) is 51.4. The van der Waals surface area contributed by atoms with Crippen LogP contribution in [0.1, 0.15) is 139 Å². The molecule has 13 rings (SSSR count). The quantitative estimate of drug-likeness (QED) is 0.0344. The summed E-state index contributed by atoms with van der Waals surface area (Å²) in [5, 5.41) is 71.9. The Balaban J connectivity index is 0.000000201. The molecule has 5 aromatic carbocycles. The van der Waals surface area contributed by atoms with Crippen LogP contribution in [0.15, 0.2) is 174 Å². The van der Waals surface area contributed by atoms with E-state index in [0.29, 0.717) is 23.3 Å². The van der Waals surface area contributed by atoms with Crippen LogP contribution in [0, 0.1) is 33.5 Å². The third-order valence-corrected chi connectivity index (χ3v) is 24.0. The number of aliphatic hydroxyl groups excluding tert-OH is 4. The van der Waals surface area contributed by atoms with Crippen molar-refractivity contribution in [1.29, 1.82) is 0 Å². The molecule has 2 heterocycles. The normalized spacial score (nSPS) is 33.4. The molecule has 0 amide bonds. The molecule has 109 heavy (non-hydrogen) atoms. The summed E-state index contributed by atoms with van der Waals surface area (Å²) in [5.74, 6) is -7.93. The molecule has 2 aliphatic heterocycles. The van der Waals surface area contributed by atoms with E-state index in [4.69, 9.17) is 52.1 Å². The largest absolute Gasteiger partial charge is 0.509 e. The van der Waals surface area contributed by atoms with Crippen molar-refractivity contribution in [3.8, 4) is 0 Å². The van der Waals surface area contributed by atoms with Gasteiger partial charge >= 0.3 is 42.2 Å². The van der Waals surface area contributed by atoms with Crippen molar-refractivity contribution in [2.45, 2.75) is 205 Å². The fraction of sp³-hybridized carbons (Fsp3) is 0.482. The first-order valence-electron chi connectivity index (χ1n) is 36.2. The van der Waals surface area contributed by atoms with Crippen LogP contribution in [0.4, 0.5) is 9.59 Å². The Bertz CT molecular complexity index is 4320. The van der Waals surface area contributed by atoms with Gasteiger partial charge in [-0.1, -0.05) is 155 Å². The SMILES string of the molecule is CC(=O)OCc1ccccc1.CC(=O)O[C@@]12CO[C@@H]1C[C@H](O)[C@@]1(C)C(=O)[C@H](O)C3=C(C)[C@@H](O)C[C@@](O)([C@@H](OC(=O)c4ccccc4)[C@H]21)C3(C)C.CC(=O)O[C@@]12CO[C@@H]1C[C@H](OC(=O)OCc1ccccc1)[C@@]1(C)C(=O)[C@H](OC(=O)OCc3ccccc3)C3=C(C)[C@@H](O)C[C@@](O)([C@@H](OC(=O)c4ccccc4)[C@H]21)C3(C)C. The highest BCUT2D eigenvalue weighted by atomic mass is 16.7. The molecule has 0 spiro atoms. The van der Waals surface area contributed by atoms with E-state index in [-0.39, 0.29) is 79.5 Å². The number of carbonyl (C=O) groups excluding carboxylic acids is 9. The van der Waals surface area contributed by atoms with Gasteiger partial charge in [-0.15, -0.1) is 0 Å². The lowest BCUT2D eigenvalue weighted by Crippen LogP contribution is -2.82. The first-order valence-corrected chi connectivity index (χ1v) is 36.2. The van der Waals surface area contributed by atoms with E-state index in [1.165, 1.54) is 58.9 Å². The summed E-state index contributed by atoms with van der Waals surface area (Å²) in [5.41, 5.74) is -11.4. The molecule has 8 aliphatic rings. The van der Waals surface area contributed by atoms with Gasteiger partial charge in [0.15, 0.2) is 28.9 Å². The van der Waals surface area contributed by atoms with Crippen LogP contribution in [0.3, 0.4) is 0 Å². The molecule has 4 bridgehead atoms. The minimum absolute atomic E-state index is 0.0276. The van der Waals surface area contributed by atoms with Gasteiger partial charge in [0.1, 0.15) is 67.6 Å². The third kappa shape index (κ3) is 14.5. The number of benzene rings is 5. The molecular weight excluding hydrogens is 1410 g/mol. The smallest absolute Gasteiger partial charge is 0.461 e. The summed E-state index contributed by atoms with van der Waals surface area (Å²) in [6.45, 7) is 15.7. The second-order valence-corrected chi connectivity index (χ2v) is 30.9. The van der Waals surface area contributed by atoms with E-state index in [2.05, 4.69) is 0 Å². The van der Waals surface area contributed by atoms with Gasteiger partial charge in [-0.25, -0.2) is 19.2 Å². The van der Waals surface area contributed by atoms with Crippen molar-refractivity contribution in [2.24, 2.45) is 33.5 Å². The minimum atomic E-state index is -2.28. The Labute approximate surface area is 630 Å². The molecule has 26 heteroatoms. The average Bonchev–Trinajstić information content (AvgIpc) is 0.675. The number of ketones is 2. The number of hydrogen-bond acceptors (Lipinski definition) is 26. The lowest BCUT2D eigenvalue weighted by molar-refractivity contribution is -0.346. The van der Waals surface area contributed by atoms with Gasteiger partial charge in [-0.3, -0.25) is 24.0 Å². The van der Waals surface area contributed by atoms with Gasteiger partial charge in [-0.2, -0.15) is 0 Å². The van der Waals surface area contributed by atoms with Gasteiger partial charge in [0.25, 0.3) is 0 Å². The predicted molar refractivity (Wildman–Crippen MR) is 383 cm³/mol. The molecule has 4 saturated carbocycles. The molecular formula is C83H94O26. The molecule has 5 aromatic rings. The molecule has 0 unspecified atom stereocenters. The summed E-state index contributed by atoms with van der Waals surface area (Å²) in [6.07, 6.45) is -17.9. The molecule has 26 nitrogen and oxygen atoms in total. The zero-order valence-corrected chi connectivity index (χ0v) is 62.6. The number of esters is 5. The second-order valence-electron chi connectivity index (χ2n) is 30.9. The maximum atomic E-state index is 15.9.